The second kappa shape index (κ2) is 6.05. The Balaban J connectivity index is 1.67. The minimum atomic E-state index is -0.218. The molecule has 1 N–H and O–H groups in total. The fourth-order valence-corrected chi connectivity index (χ4v) is 4.37. The molecule has 116 valence electrons. The molecule has 2 unspecified atom stereocenters. The number of thioether (sulfide) groups is 1. The minimum Gasteiger partial charge on any atom is -0.392 e. The summed E-state index contributed by atoms with van der Waals surface area (Å²) in [6.45, 7) is 0. The molecule has 0 bridgehead atoms. The summed E-state index contributed by atoms with van der Waals surface area (Å²) in [7, 11) is 0. The van der Waals surface area contributed by atoms with Crippen LogP contribution in [-0.2, 0) is 0 Å². The second-order valence-corrected chi connectivity index (χ2v) is 7.50. The number of benzene rings is 1. The van der Waals surface area contributed by atoms with Crippen molar-refractivity contribution in [2.45, 2.75) is 61.0 Å². The third-order valence-electron chi connectivity index (χ3n) is 4.54. The van der Waals surface area contributed by atoms with Gasteiger partial charge in [0.2, 0.25) is 0 Å². The van der Waals surface area contributed by atoms with Gasteiger partial charge in [0, 0.05) is 16.9 Å². The number of para-hydroxylation sites is 1. The van der Waals surface area contributed by atoms with Gasteiger partial charge in [-0.05, 0) is 37.8 Å². The molecule has 2 aromatic rings. The van der Waals surface area contributed by atoms with Gasteiger partial charge in [0.1, 0.15) is 5.82 Å². The Hall–Kier alpha value is -1.33. The van der Waals surface area contributed by atoms with E-state index in [-0.39, 0.29) is 11.4 Å². The molecule has 1 heterocycles. The summed E-state index contributed by atoms with van der Waals surface area (Å²) in [6.07, 6.45) is 6.51. The number of rotatable bonds is 4. The van der Waals surface area contributed by atoms with Gasteiger partial charge in [-0.15, -0.1) is 10.2 Å². The maximum Gasteiger partial charge on any atom is 0.196 e. The number of aliphatic hydroxyl groups excluding tert-OH is 1. The minimum absolute atomic E-state index is 0.218. The number of nitrogens with zero attached hydrogens (tertiary/aromatic N) is 3. The Morgan fingerprint density at radius 1 is 1.00 bits per heavy atom. The van der Waals surface area contributed by atoms with Gasteiger partial charge in [-0.25, -0.2) is 0 Å². The van der Waals surface area contributed by atoms with Crippen LogP contribution in [0.5, 0.6) is 0 Å². The molecule has 0 saturated heterocycles. The smallest absolute Gasteiger partial charge is 0.196 e. The normalized spacial score (nSPS) is 25.3. The third-order valence-corrected chi connectivity index (χ3v) is 5.87. The lowest BCUT2D eigenvalue weighted by Gasteiger charge is -2.26. The van der Waals surface area contributed by atoms with Crippen LogP contribution in [0, 0.1) is 0 Å². The number of aromatic nitrogens is 3. The standard InChI is InChI=1S/C17H21N3OS/c21-14-8-4-5-9-15(14)22-17-19-18-16(12-10-11-12)20(17)13-6-2-1-3-7-13/h1-3,6-7,12,14-15,21H,4-5,8-11H2. The molecule has 5 heteroatoms. The molecular formula is C17H21N3OS. The first-order valence-electron chi connectivity index (χ1n) is 8.18. The summed E-state index contributed by atoms with van der Waals surface area (Å²) in [5.41, 5.74) is 1.13. The van der Waals surface area contributed by atoms with Crippen molar-refractivity contribution in [3.8, 4) is 5.69 Å². The van der Waals surface area contributed by atoms with E-state index >= 15 is 0 Å². The molecule has 2 aliphatic carbocycles. The van der Waals surface area contributed by atoms with Crippen LogP contribution in [0.25, 0.3) is 5.69 Å². The van der Waals surface area contributed by atoms with Gasteiger partial charge in [0.05, 0.1) is 6.10 Å². The van der Waals surface area contributed by atoms with Crippen molar-refractivity contribution in [2.24, 2.45) is 0 Å². The number of hydrogen-bond donors (Lipinski definition) is 1. The van der Waals surface area contributed by atoms with Crippen LogP contribution in [0.4, 0.5) is 0 Å². The highest BCUT2D eigenvalue weighted by Gasteiger charge is 2.32. The van der Waals surface area contributed by atoms with Crippen LogP contribution in [0.2, 0.25) is 0 Å². The maximum absolute atomic E-state index is 10.2. The van der Waals surface area contributed by atoms with Crippen molar-refractivity contribution in [3.05, 3.63) is 36.2 Å². The molecule has 22 heavy (non-hydrogen) atoms. The monoisotopic (exact) mass is 315 g/mol. The quantitative estimate of drug-likeness (QED) is 0.937. The third kappa shape index (κ3) is 2.79. The zero-order valence-electron chi connectivity index (χ0n) is 12.6. The molecule has 0 aliphatic heterocycles. The Labute approximate surface area is 135 Å². The molecule has 4 rings (SSSR count). The van der Waals surface area contributed by atoms with E-state index in [1.165, 1.54) is 19.3 Å². The van der Waals surface area contributed by atoms with Gasteiger partial charge in [-0.1, -0.05) is 42.8 Å². The van der Waals surface area contributed by atoms with E-state index in [0.29, 0.717) is 5.92 Å². The SMILES string of the molecule is OC1CCCCC1Sc1nnc(C2CC2)n1-c1ccccc1. The zero-order valence-corrected chi connectivity index (χ0v) is 13.4. The van der Waals surface area contributed by atoms with Crippen molar-refractivity contribution in [3.63, 3.8) is 0 Å². The van der Waals surface area contributed by atoms with E-state index in [1.54, 1.807) is 11.8 Å². The van der Waals surface area contributed by atoms with Crippen LogP contribution in [0.3, 0.4) is 0 Å². The maximum atomic E-state index is 10.2. The first kappa shape index (κ1) is 14.3. The highest BCUT2D eigenvalue weighted by atomic mass is 32.2. The molecule has 1 aromatic heterocycles. The highest BCUT2D eigenvalue weighted by Crippen LogP contribution is 2.42. The van der Waals surface area contributed by atoms with Crippen molar-refractivity contribution in [1.29, 1.82) is 0 Å². The van der Waals surface area contributed by atoms with E-state index in [9.17, 15) is 5.11 Å². The van der Waals surface area contributed by atoms with Crippen molar-refractivity contribution in [1.82, 2.24) is 14.8 Å². The van der Waals surface area contributed by atoms with E-state index in [2.05, 4.69) is 39.0 Å². The summed E-state index contributed by atoms with van der Waals surface area (Å²) < 4.78 is 2.20. The largest absolute Gasteiger partial charge is 0.392 e. The Morgan fingerprint density at radius 2 is 1.77 bits per heavy atom. The zero-order chi connectivity index (χ0) is 14.9. The predicted molar refractivity (Wildman–Crippen MR) is 87.5 cm³/mol. The van der Waals surface area contributed by atoms with Crippen LogP contribution < -0.4 is 0 Å². The van der Waals surface area contributed by atoms with Gasteiger partial charge in [-0.2, -0.15) is 0 Å². The van der Waals surface area contributed by atoms with Crippen LogP contribution in [0.15, 0.2) is 35.5 Å². The lowest BCUT2D eigenvalue weighted by atomic mass is 9.97. The topological polar surface area (TPSA) is 50.9 Å². The first-order valence-corrected chi connectivity index (χ1v) is 9.06. The average Bonchev–Trinajstić information content (AvgIpc) is 3.31. The molecule has 2 fully saturated rings. The van der Waals surface area contributed by atoms with Crippen molar-refractivity contribution < 1.29 is 5.11 Å². The van der Waals surface area contributed by atoms with Crippen LogP contribution in [0.1, 0.15) is 50.3 Å². The van der Waals surface area contributed by atoms with Gasteiger partial charge >= 0.3 is 0 Å². The van der Waals surface area contributed by atoms with Gasteiger partial charge in [0.15, 0.2) is 5.16 Å². The second-order valence-electron chi connectivity index (χ2n) is 6.29. The molecule has 2 aliphatic rings. The van der Waals surface area contributed by atoms with Crippen LogP contribution >= 0.6 is 11.8 Å². The first-order chi connectivity index (χ1) is 10.8. The Kier molecular flexibility index (Phi) is 3.92. The molecule has 2 saturated carbocycles. The molecule has 1 aromatic carbocycles. The fraction of sp³-hybridized carbons (Fsp3) is 0.529. The summed E-state index contributed by atoms with van der Waals surface area (Å²) in [5, 5.41) is 20.3. The van der Waals surface area contributed by atoms with Gasteiger partial charge in [0.25, 0.3) is 0 Å². The lowest BCUT2D eigenvalue weighted by molar-refractivity contribution is 0.137. The van der Waals surface area contributed by atoms with Gasteiger partial charge < -0.3 is 5.11 Å². The highest BCUT2D eigenvalue weighted by molar-refractivity contribution is 7.99. The Morgan fingerprint density at radius 3 is 2.50 bits per heavy atom. The molecule has 0 amide bonds. The molecule has 2 atom stereocenters. The number of aliphatic hydroxyl groups is 1. The molecule has 0 spiro atoms. The van der Waals surface area contributed by atoms with Crippen molar-refractivity contribution >= 4 is 11.8 Å². The van der Waals surface area contributed by atoms with E-state index in [1.807, 2.05) is 6.07 Å². The lowest BCUT2D eigenvalue weighted by Crippen LogP contribution is -2.27. The van der Waals surface area contributed by atoms with E-state index in [4.69, 9.17) is 0 Å². The number of hydrogen-bond acceptors (Lipinski definition) is 4. The molecule has 4 nitrogen and oxygen atoms in total. The summed E-state index contributed by atoms with van der Waals surface area (Å²) >= 11 is 1.70. The summed E-state index contributed by atoms with van der Waals surface area (Å²) in [6, 6.07) is 10.3. The molecule has 0 radical (unpaired) electrons. The van der Waals surface area contributed by atoms with E-state index < -0.39 is 0 Å². The van der Waals surface area contributed by atoms with Crippen LogP contribution in [-0.4, -0.2) is 31.2 Å². The van der Waals surface area contributed by atoms with E-state index in [0.717, 1.165) is 35.9 Å². The average molecular weight is 315 g/mol. The predicted octanol–water partition coefficient (Wildman–Crippen LogP) is 3.54. The molecular weight excluding hydrogens is 294 g/mol. The fourth-order valence-electron chi connectivity index (χ4n) is 3.13. The van der Waals surface area contributed by atoms with Crippen molar-refractivity contribution in [2.75, 3.05) is 0 Å². The Bertz CT molecular complexity index is 639. The summed E-state index contributed by atoms with van der Waals surface area (Å²) in [5.74, 6) is 1.64. The summed E-state index contributed by atoms with van der Waals surface area (Å²) in [4.78, 5) is 0. The van der Waals surface area contributed by atoms with Gasteiger partial charge in [-0.3, -0.25) is 4.57 Å².